The van der Waals surface area contributed by atoms with Gasteiger partial charge in [0.2, 0.25) is 0 Å². The van der Waals surface area contributed by atoms with Crippen LogP contribution in [0.1, 0.15) is 64.1 Å². The zero-order valence-electron chi connectivity index (χ0n) is 13.3. The number of carboxylic acid groups (broad SMARTS) is 1. The number of thiazole rings is 1. The van der Waals surface area contributed by atoms with E-state index >= 15 is 0 Å². The van der Waals surface area contributed by atoms with Gasteiger partial charge in [0, 0.05) is 12.0 Å². The van der Waals surface area contributed by atoms with Crippen LogP contribution in [0.5, 0.6) is 0 Å². The summed E-state index contributed by atoms with van der Waals surface area (Å²) in [6, 6.07) is 0. The SMILES string of the molecule is CCOC1(c2nc(C(C)(C)C(=O)O)cs2)CCC(C)CC1. The summed E-state index contributed by atoms with van der Waals surface area (Å²) in [6.07, 6.45) is 4.22. The van der Waals surface area contributed by atoms with Crippen LogP contribution in [0.2, 0.25) is 0 Å². The van der Waals surface area contributed by atoms with Crippen LogP contribution < -0.4 is 0 Å². The summed E-state index contributed by atoms with van der Waals surface area (Å²) >= 11 is 1.54. The van der Waals surface area contributed by atoms with Crippen molar-refractivity contribution in [3.63, 3.8) is 0 Å². The maximum atomic E-state index is 11.4. The zero-order valence-corrected chi connectivity index (χ0v) is 14.1. The van der Waals surface area contributed by atoms with E-state index in [1.54, 1.807) is 25.2 Å². The first-order valence-corrected chi connectivity index (χ1v) is 8.53. The number of aliphatic carboxylic acids is 1. The second kappa shape index (κ2) is 6.05. The lowest BCUT2D eigenvalue weighted by atomic mass is 9.79. The van der Waals surface area contributed by atoms with Crippen LogP contribution >= 0.6 is 11.3 Å². The number of aromatic nitrogens is 1. The Labute approximate surface area is 130 Å². The van der Waals surface area contributed by atoms with Crippen LogP contribution in [0, 0.1) is 5.92 Å². The van der Waals surface area contributed by atoms with Gasteiger partial charge in [-0.15, -0.1) is 11.3 Å². The molecule has 0 spiro atoms. The van der Waals surface area contributed by atoms with E-state index in [-0.39, 0.29) is 5.60 Å². The van der Waals surface area contributed by atoms with Crippen molar-refractivity contribution in [2.45, 2.75) is 64.4 Å². The van der Waals surface area contributed by atoms with E-state index in [2.05, 4.69) is 11.9 Å². The molecule has 1 aromatic heterocycles. The van der Waals surface area contributed by atoms with Gasteiger partial charge in [-0.2, -0.15) is 0 Å². The molecule has 5 heteroatoms. The first-order valence-electron chi connectivity index (χ1n) is 7.65. The fourth-order valence-electron chi connectivity index (χ4n) is 2.80. The quantitative estimate of drug-likeness (QED) is 0.894. The Balaban J connectivity index is 2.31. The molecule has 1 aromatic rings. The number of hydrogen-bond donors (Lipinski definition) is 1. The maximum absolute atomic E-state index is 11.4. The standard InChI is InChI=1S/C16H25NO3S/c1-5-20-16(8-6-11(2)7-9-16)13-17-12(10-21-13)15(3,4)14(18)19/h10-11H,5-9H2,1-4H3,(H,18,19). The minimum absolute atomic E-state index is 0.307. The van der Waals surface area contributed by atoms with Gasteiger partial charge in [-0.3, -0.25) is 4.79 Å². The van der Waals surface area contributed by atoms with E-state index in [4.69, 9.17) is 4.74 Å². The highest BCUT2D eigenvalue weighted by Crippen LogP contribution is 2.44. The van der Waals surface area contributed by atoms with Crippen molar-refractivity contribution in [2.75, 3.05) is 6.61 Å². The zero-order chi connectivity index (χ0) is 15.7. The third-order valence-corrected chi connectivity index (χ3v) is 5.60. The van der Waals surface area contributed by atoms with Crippen molar-refractivity contribution in [1.82, 2.24) is 4.98 Å². The van der Waals surface area contributed by atoms with Crippen molar-refractivity contribution < 1.29 is 14.6 Å². The first kappa shape index (κ1) is 16.4. The molecule has 0 atom stereocenters. The normalized spacial score (nSPS) is 26.8. The third kappa shape index (κ3) is 3.14. The summed E-state index contributed by atoms with van der Waals surface area (Å²) in [5, 5.41) is 12.2. The summed E-state index contributed by atoms with van der Waals surface area (Å²) in [7, 11) is 0. The van der Waals surface area contributed by atoms with Crippen LogP contribution in [0.15, 0.2) is 5.38 Å². The van der Waals surface area contributed by atoms with Gasteiger partial charge in [0.15, 0.2) is 0 Å². The highest BCUT2D eigenvalue weighted by atomic mass is 32.1. The summed E-state index contributed by atoms with van der Waals surface area (Å²) in [5.41, 5.74) is -0.629. The molecule has 1 aliphatic rings. The molecule has 118 valence electrons. The van der Waals surface area contributed by atoms with Gasteiger partial charge >= 0.3 is 5.97 Å². The lowest BCUT2D eigenvalue weighted by Crippen LogP contribution is -2.35. The van der Waals surface area contributed by atoms with Gasteiger partial charge in [-0.25, -0.2) is 4.98 Å². The smallest absolute Gasteiger partial charge is 0.315 e. The van der Waals surface area contributed by atoms with E-state index in [1.807, 2.05) is 12.3 Å². The molecule has 1 saturated carbocycles. The molecule has 0 unspecified atom stereocenters. The highest BCUT2D eigenvalue weighted by Gasteiger charge is 2.41. The molecule has 0 bridgehead atoms. The third-order valence-electron chi connectivity index (χ3n) is 4.57. The minimum atomic E-state index is -0.954. The Morgan fingerprint density at radius 2 is 2.14 bits per heavy atom. The summed E-state index contributed by atoms with van der Waals surface area (Å²) < 4.78 is 6.09. The van der Waals surface area contributed by atoms with Gasteiger partial charge in [0.25, 0.3) is 0 Å². The highest BCUT2D eigenvalue weighted by molar-refractivity contribution is 7.09. The summed E-state index contributed by atoms with van der Waals surface area (Å²) in [6.45, 7) is 8.34. The Bertz CT molecular complexity index is 501. The molecule has 0 saturated heterocycles. The van der Waals surface area contributed by atoms with E-state index in [0.29, 0.717) is 12.3 Å². The van der Waals surface area contributed by atoms with Gasteiger partial charge < -0.3 is 9.84 Å². The molecular formula is C16H25NO3S. The van der Waals surface area contributed by atoms with E-state index in [0.717, 1.165) is 36.6 Å². The average molecular weight is 311 g/mol. The van der Waals surface area contributed by atoms with Crippen LogP contribution in [0.4, 0.5) is 0 Å². The molecule has 21 heavy (non-hydrogen) atoms. The molecule has 0 aliphatic heterocycles. The Morgan fingerprint density at radius 3 is 2.67 bits per heavy atom. The fourth-order valence-corrected chi connectivity index (χ4v) is 4.00. The van der Waals surface area contributed by atoms with Gasteiger partial charge in [-0.1, -0.05) is 6.92 Å². The largest absolute Gasteiger partial charge is 0.481 e. The van der Waals surface area contributed by atoms with Crippen LogP contribution in [-0.4, -0.2) is 22.7 Å². The molecule has 4 nitrogen and oxygen atoms in total. The summed E-state index contributed by atoms with van der Waals surface area (Å²) in [5.74, 6) is -0.115. The van der Waals surface area contributed by atoms with Crippen molar-refractivity contribution in [3.8, 4) is 0 Å². The van der Waals surface area contributed by atoms with E-state index < -0.39 is 11.4 Å². The number of carbonyl (C=O) groups is 1. The van der Waals surface area contributed by atoms with Crippen molar-refractivity contribution >= 4 is 17.3 Å². The van der Waals surface area contributed by atoms with Gasteiger partial charge in [0.05, 0.1) is 5.69 Å². The molecule has 1 N–H and O–H groups in total. The molecule has 1 heterocycles. The predicted octanol–water partition coefficient (Wildman–Crippen LogP) is 3.95. The molecule has 0 amide bonds. The second-order valence-corrected chi connectivity index (χ2v) is 7.44. The van der Waals surface area contributed by atoms with Crippen molar-refractivity contribution in [1.29, 1.82) is 0 Å². The van der Waals surface area contributed by atoms with Crippen LogP contribution in [0.3, 0.4) is 0 Å². The average Bonchev–Trinajstić information content (AvgIpc) is 2.92. The molecule has 1 fully saturated rings. The second-order valence-electron chi connectivity index (χ2n) is 6.58. The Kier molecular flexibility index (Phi) is 4.73. The molecule has 0 radical (unpaired) electrons. The maximum Gasteiger partial charge on any atom is 0.315 e. The first-order chi connectivity index (χ1) is 9.82. The number of rotatable bonds is 5. The number of ether oxygens (including phenoxy) is 1. The molecular weight excluding hydrogens is 286 g/mol. The number of carboxylic acids is 1. The number of hydrogen-bond acceptors (Lipinski definition) is 4. The Morgan fingerprint density at radius 1 is 1.52 bits per heavy atom. The van der Waals surface area contributed by atoms with E-state index in [1.165, 1.54) is 0 Å². The lowest BCUT2D eigenvalue weighted by molar-refractivity contribution is -0.142. The fraction of sp³-hybridized carbons (Fsp3) is 0.750. The topological polar surface area (TPSA) is 59.4 Å². The van der Waals surface area contributed by atoms with Gasteiger partial charge in [0.1, 0.15) is 16.0 Å². The molecule has 2 rings (SSSR count). The minimum Gasteiger partial charge on any atom is -0.481 e. The Hall–Kier alpha value is -0.940. The number of nitrogens with zero attached hydrogens (tertiary/aromatic N) is 1. The van der Waals surface area contributed by atoms with E-state index in [9.17, 15) is 9.90 Å². The van der Waals surface area contributed by atoms with Gasteiger partial charge in [-0.05, 0) is 52.4 Å². The van der Waals surface area contributed by atoms with Crippen LogP contribution in [0.25, 0.3) is 0 Å². The van der Waals surface area contributed by atoms with Crippen LogP contribution in [-0.2, 0) is 20.5 Å². The monoisotopic (exact) mass is 311 g/mol. The van der Waals surface area contributed by atoms with Crippen molar-refractivity contribution in [2.24, 2.45) is 5.92 Å². The predicted molar refractivity (Wildman–Crippen MR) is 83.7 cm³/mol. The molecule has 0 aromatic carbocycles. The summed E-state index contributed by atoms with van der Waals surface area (Å²) in [4.78, 5) is 16.0. The lowest BCUT2D eigenvalue weighted by Gasteiger charge is -2.37. The molecule has 1 aliphatic carbocycles. The van der Waals surface area contributed by atoms with Crippen molar-refractivity contribution in [3.05, 3.63) is 16.1 Å².